The quantitative estimate of drug-likeness (QED) is 0.529. The second-order valence-electron chi connectivity index (χ2n) is 5.35. The van der Waals surface area contributed by atoms with Crippen molar-refractivity contribution in [3.8, 4) is 11.3 Å². The van der Waals surface area contributed by atoms with Crippen LogP contribution in [0.1, 0.15) is 20.3 Å². The van der Waals surface area contributed by atoms with Gasteiger partial charge in [-0.1, -0.05) is 44.2 Å². The van der Waals surface area contributed by atoms with Crippen molar-refractivity contribution in [1.29, 1.82) is 0 Å². The topological polar surface area (TPSA) is 43.1 Å². The van der Waals surface area contributed by atoms with Crippen LogP contribution in [0.5, 0.6) is 0 Å². The highest BCUT2D eigenvalue weighted by Crippen LogP contribution is 2.25. The molecule has 0 aliphatic heterocycles. The third-order valence-corrected chi connectivity index (χ3v) is 4.26. The van der Waals surface area contributed by atoms with Crippen molar-refractivity contribution in [2.45, 2.75) is 25.3 Å². The molecule has 0 spiro atoms. The van der Waals surface area contributed by atoms with E-state index in [9.17, 15) is 0 Å². The van der Waals surface area contributed by atoms with Crippen molar-refractivity contribution in [2.75, 3.05) is 5.75 Å². The van der Waals surface area contributed by atoms with Gasteiger partial charge in [0.05, 0.1) is 5.69 Å². The van der Waals surface area contributed by atoms with Gasteiger partial charge < -0.3 is 0 Å². The molecule has 0 aliphatic rings. The summed E-state index contributed by atoms with van der Waals surface area (Å²) in [5, 5.41) is 5.37. The van der Waals surface area contributed by atoms with Gasteiger partial charge in [0.15, 0.2) is 0 Å². The average Bonchev–Trinajstić information content (AvgIpc) is 2.96. The molecule has 108 valence electrons. The highest BCUT2D eigenvalue weighted by atomic mass is 32.2. The molecule has 0 radical (unpaired) electrons. The fraction of sp³-hybridized carbons (Fsp3) is 0.312. The van der Waals surface area contributed by atoms with E-state index in [4.69, 9.17) is 0 Å². The number of nitrogens with zero attached hydrogens (tertiary/aromatic N) is 4. The lowest BCUT2D eigenvalue weighted by atomic mass is 10.1. The van der Waals surface area contributed by atoms with Gasteiger partial charge in [0, 0.05) is 5.56 Å². The summed E-state index contributed by atoms with van der Waals surface area (Å²) in [4.78, 5) is 8.82. The Morgan fingerprint density at radius 2 is 2.00 bits per heavy atom. The minimum atomic E-state index is 0.656. The fourth-order valence-electron chi connectivity index (χ4n) is 2.04. The predicted octanol–water partition coefficient (Wildman–Crippen LogP) is 3.93. The second-order valence-corrected chi connectivity index (χ2v) is 6.46. The molecule has 2 aromatic heterocycles. The molecule has 0 unspecified atom stereocenters. The average molecular weight is 298 g/mol. The second kappa shape index (κ2) is 6.26. The zero-order valence-corrected chi connectivity index (χ0v) is 13.0. The molecule has 21 heavy (non-hydrogen) atoms. The number of aromatic nitrogens is 4. The molecular weight excluding hydrogens is 280 g/mol. The maximum atomic E-state index is 4.59. The standard InChI is InChI=1S/C16H18N4S/c1-12(2)8-9-21-15-10-14(13-6-4-3-5-7-13)19-16-17-11-18-20(15)16/h3-7,10-12H,8-9H2,1-2H3. The van der Waals surface area contributed by atoms with Gasteiger partial charge in [0.25, 0.3) is 5.78 Å². The van der Waals surface area contributed by atoms with Crippen LogP contribution in [0.25, 0.3) is 17.0 Å². The van der Waals surface area contributed by atoms with E-state index in [0.717, 1.165) is 22.0 Å². The lowest BCUT2D eigenvalue weighted by Crippen LogP contribution is -1.99. The lowest BCUT2D eigenvalue weighted by molar-refractivity contribution is 0.631. The van der Waals surface area contributed by atoms with Crippen molar-refractivity contribution in [3.05, 3.63) is 42.7 Å². The summed E-state index contributed by atoms with van der Waals surface area (Å²) in [6.07, 6.45) is 2.74. The summed E-state index contributed by atoms with van der Waals surface area (Å²) in [5.74, 6) is 2.44. The Morgan fingerprint density at radius 3 is 2.76 bits per heavy atom. The van der Waals surface area contributed by atoms with Gasteiger partial charge in [0.1, 0.15) is 11.4 Å². The van der Waals surface area contributed by atoms with Crippen molar-refractivity contribution in [2.24, 2.45) is 5.92 Å². The Kier molecular flexibility index (Phi) is 4.20. The van der Waals surface area contributed by atoms with Crippen molar-refractivity contribution in [3.63, 3.8) is 0 Å². The molecule has 0 atom stereocenters. The minimum Gasteiger partial charge on any atom is -0.211 e. The number of fused-ring (bicyclic) bond motifs is 1. The van der Waals surface area contributed by atoms with Gasteiger partial charge in [-0.25, -0.2) is 4.98 Å². The van der Waals surface area contributed by atoms with Crippen LogP contribution in [0.3, 0.4) is 0 Å². The summed E-state index contributed by atoms with van der Waals surface area (Å²) in [5.41, 5.74) is 2.05. The maximum absolute atomic E-state index is 4.59. The fourth-order valence-corrected chi connectivity index (χ4v) is 3.29. The van der Waals surface area contributed by atoms with Gasteiger partial charge in [-0.15, -0.1) is 11.8 Å². The molecule has 3 rings (SSSR count). The maximum Gasteiger partial charge on any atom is 0.253 e. The first-order valence-corrected chi connectivity index (χ1v) is 8.11. The van der Waals surface area contributed by atoms with Crippen LogP contribution < -0.4 is 0 Å². The molecule has 0 aliphatic carbocycles. The van der Waals surface area contributed by atoms with Crippen LogP contribution in [0.2, 0.25) is 0 Å². The molecule has 2 heterocycles. The first kappa shape index (κ1) is 14.1. The Hall–Kier alpha value is -1.88. The SMILES string of the molecule is CC(C)CCSc1cc(-c2ccccc2)nc2ncnn12. The molecule has 0 bridgehead atoms. The van der Waals surface area contributed by atoms with E-state index in [0.29, 0.717) is 11.7 Å². The molecule has 1 aromatic carbocycles. The van der Waals surface area contributed by atoms with Crippen molar-refractivity contribution in [1.82, 2.24) is 19.6 Å². The van der Waals surface area contributed by atoms with Crippen LogP contribution in [-0.4, -0.2) is 25.3 Å². The monoisotopic (exact) mass is 298 g/mol. The van der Waals surface area contributed by atoms with Gasteiger partial charge in [-0.2, -0.15) is 14.6 Å². The third-order valence-electron chi connectivity index (χ3n) is 3.23. The number of thioether (sulfide) groups is 1. The van der Waals surface area contributed by atoms with E-state index in [-0.39, 0.29) is 0 Å². The molecule has 5 heteroatoms. The molecule has 4 nitrogen and oxygen atoms in total. The van der Waals surface area contributed by atoms with Crippen LogP contribution in [0, 0.1) is 5.92 Å². The van der Waals surface area contributed by atoms with Gasteiger partial charge in [0.2, 0.25) is 0 Å². The van der Waals surface area contributed by atoms with E-state index >= 15 is 0 Å². The molecule has 0 N–H and O–H groups in total. The third kappa shape index (κ3) is 3.24. The Labute approximate surface area is 128 Å². The number of benzene rings is 1. The largest absolute Gasteiger partial charge is 0.253 e. The minimum absolute atomic E-state index is 0.656. The van der Waals surface area contributed by atoms with Gasteiger partial charge in [-0.05, 0) is 24.2 Å². The molecule has 3 aromatic rings. The van der Waals surface area contributed by atoms with Crippen LogP contribution in [-0.2, 0) is 0 Å². The first-order chi connectivity index (χ1) is 10.2. The molecule has 0 saturated heterocycles. The van der Waals surface area contributed by atoms with Crippen LogP contribution in [0.4, 0.5) is 0 Å². The highest BCUT2D eigenvalue weighted by molar-refractivity contribution is 7.99. The van der Waals surface area contributed by atoms with Gasteiger partial charge >= 0.3 is 0 Å². The summed E-state index contributed by atoms with van der Waals surface area (Å²) < 4.78 is 1.82. The first-order valence-electron chi connectivity index (χ1n) is 7.13. The predicted molar refractivity (Wildman–Crippen MR) is 86.4 cm³/mol. The van der Waals surface area contributed by atoms with E-state index in [1.165, 1.54) is 6.42 Å². The van der Waals surface area contributed by atoms with Crippen molar-refractivity contribution >= 4 is 17.5 Å². The van der Waals surface area contributed by atoms with E-state index < -0.39 is 0 Å². The van der Waals surface area contributed by atoms with E-state index in [1.54, 1.807) is 6.33 Å². The zero-order valence-electron chi connectivity index (χ0n) is 12.2. The van der Waals surface area contributed by atoms with Crippen LogP contribution in [0.15, 0.2) is 47.8 Å². The summed E-state index contributed by atoms with van der Waals surface area (Å²) in [6.45, 7) is 4.49. The number of hydrogen-bond donors (Lipinski definition) is 0. The van der Waals surface area contributed by atoms with Crippen molar-refractivity contribution < 1.29 is 0 Å². The van der Waals surface area contributed by atoms with E-state index in [1.807, 2.05) is 34.5 Å². The summed E-state index contributed by atoms with van der Waals surface area (Å²) >= 11 is 1.81. The Morgan fingerprint density at radius 1 is 1.19 bits per heavy atom. The molecule has 0 saturated carbocycles. The molecule has 0 fully saturated rings. The lowest BCUT2D eigenvalue weighted by Gasteiger charge is -2.08. The summed E-state index contributed by atoms with van der Waals surface area (Å²) in [6, 6.07) is 12.3. The highest BCUT2D eigenvalue weighted by Gasteiger charge is 2.09. The van der Waals surface area contributed by atoms with Crippen LogP contribution >= 0.6 is 11.8 Å². The van der Waals surface area contributed by atoms with Gasteiger partial charge in [-0.3, -0.25) is 0 Å². The number of hydrogen-bond acceptors (Lipinski definition) is 4. The molecular formula is C16H18N4S. The Bertz CT molecular complexity index is 721. The normalized spacial score (nSPS) is 11.4. The van der Waals surface area contributed by atoms with E-state index in [2.05, 4.69) is 47.1 Å². The smallest absolute Gasteiger partial charge is 0.211 e. The number of rotatable bonds is 5. The Balaban J connectivity index is 1.96. The summed E-state index contributed by atoms with van der Waals surface area (Å²) in [7, 11) is 0. The zero-order chi connectivity index (χ0) is 14.7. The molecule has 0 amide bonds.